The van der Waals surface area contributed by atoms with Crippen LogP contribution in [0.15, 0.2) is 48.5 Å². The molecule has 0 aliphatic carbocycles. The summed E-state index contributed by atoms with van der Waals surface area (Å²) in [5.41, 5.74) is 2.82. The van der Waals surface area contributed by atoms with Crippen LogP contribution in [0.2, 0.25) is 0 Å². The number of para-hydroxylation sites is 2. The third-order valence-corrected chi connectivity index (χ3v) is 7.30. The first-order chi connectivity index (χ1) is 14.1. The van der Waals surface area contributed by atoms with Gasteiger partial charge in [-0.1, -0.05) is 36.4 Å². The lowest BCUT2D eigenvalue weighted by molar-refractivity contribution is -0.118. The number of rotatable bonds is 6. The highest BCUT2D eigenvalue weighted by atomic mass is 32.2. The van der Waals surface area contributed by atoms with Crippen LogP contribution in [0.5, 0.6) is 0 Å². The molecule has 11 heteroatoms. The van der Waals surface area contributed by atoms with Crippen LogP contribution in [0.25, 0.3) is 11.0 Å². The zero-order chi connectivity index (χ0) is 21.5. The quantitative estimate of drug-likeness (QED) is 0.519. The summed E-state index contributed by atoms with van der Waals surface area (Å²) < 4.78 is 52.5. The van der Waals surface area contributed by atoms with Gasteiger partial charge in [0.25, 0.3) is 0 Å². The highest BCUT2D eigenvalue weighted by Crippen LogP contribution is 2.30. The van der Waals surface area contributed by atoms with Crippen LogP contribution in [-0.2, 0) is 31.3 Å². The van der Waals surface area contributed by atoms with Crippen molar-refractivity contribution in [2.45, 2.75) is 24.1 Å². The molecule has 2 heterocycles. The van der Waals surface area contributed by atoms with Crippen LogP contribution < -0.4 is 9.44 Å². The number of carbonyl (C=O) groups is 1. The Hall–Kier alpha value is -2.76. The fourth-order valence-corrected chi connectivity index (χ4v) is 5.68. The lowest BCUT2D eigenvalue weighted by Crippen LogP contribution is -2.29. The Bertz CT molecular complexity index is 1280. The summed E-state index contributed by atoms with van der Waals surface area (Å²) in [4.78, 5) is 19.1. The number of aromatic nitrogens is 2. The van der Waals surface area contributed by atoms with Gasteiger partial charge in [0.15, 0.2) is 0 Å². The summed E-state index contributed by atoms with van der Waals surface area (Å²) in [7, 11) is -7.22. The van der Waals surface area contributed by atoms with Crippen molar-refractivity contribution in [2.24, 2.45) is 0 Å². The molecule has 2 atom stereocenters. The van der Waals surface area contributed by atoms with Crippen molar-refractivity contribution >= 4 is 37.0 Å². The molecule has 1 fully saturated rings. The number of amides is 1. The van der Waals surface area contributed by atoms with E-state index >= 15 is 0 Å². The summed E-state index contributed by atoms with van der Waals surface area (Å²) in [6.45, 7) is 0. The molecule has 0 bridgehead atoms. The number of aromatic amines is 1. The topological polar surface area (TPSA) is 138 Å². The average molecular weight is 449 g/mol. The van der Waals surface area contributed by atoms with Crippen LogP contribution >= 0.6 is 0 Å². The van der Waals surface area contributed by atoms with Gasteiger partial charge >= 0.3 is 0 Å². The standard InChI is InChI=1S/C19H20N4O5S2/c1-29(25,26)22-16(19-20-14-4-2-3-5-15(14)21-19)10-12-6-8-13(9-7-12)17-11-18(24)23-30(17,27)28/h2-9,16-17,22H,10-11H2,1H3,(H,20,21)(H,23,24)/t16-,17?/m0/s1. The third-order valence-electron chi connectivity index (χ3n) is 4.89. The van der Waals surface area contributed by atoms with E-state index in [9.17, 15) is 21.6 Å². The zero-order valence-corrected chi connectivity index (χ0v) is 17.6. The molecule has 4 rings (SSSR count). The van der Waals surface area contributed by atoms with E-state index in [1.165, 1.54) is 0 Å². The SMILES string of the molecule is CS(=O)(=O)N[C@@H](Cc1ccc(C2CC(=O)NS2(=O)=O)cc1)c1nc2ccccc2[nH]1. The Labute approximate surface area is 174 Å². The van der Waals surface area contributed by atoms with Gasteiger partial charge in [-0.25, -0.2) is 26.5 Å². The second kappa shape index (κ2) is 7.49. The molecule has 1 amide bonds. The van der Waals surface area contributed by atoms with Crippen molar-refractivity contribution < 1.29 is 21.6 Å². The number of carbonyl (C=O) groups excluding carboxylic acids is 1. The Morgan fingerprint density at radius 3 is 2.47 bits per heavy atom. The van der Waals surface area contributed by atoms with E-state index in [-0.39, 0.29) is 6.42 Å². The van der Waals surface area contributed by atoms with Crippen molar-refractivity contribution in [1.29, 1.82) is 0 Å². The molecule has 0 spiro atoms. The first-order valence-electron chi connectivity index (χ1n) is 9.16. The van der Waals surface area contributed by atoms with Crippen molar-refractivity contribution in [3.05, 3.63) is 65.5 Å². The average Bonchev–Trinajstić information content (AvgIpc) is 3.20. The summed E-state index contributed by atoms with van der Waals surface area (Å²) >= 11 is 0. The minimum Gasteiger partial charge on any atom is -0.341 e. The predicted octanol–water partition coefficient (Wildman–Crippen LogP) is 1.29. The van der Waals surface area contributed by atoms with E-state index in [1.54, 1.807) is 24.3 Å². The highest BCUT2D eigenvalue weighted by Gasteiger charge is 2.37. The van der Waals surface area contributed by atoms with Gasteiger partial charge in [-0.2, -0.15) is 0 Å². The maximum atomic E-state index is 12.0. The van der Waals surface area contributed by atoms with Gasteiger partial charge in [-0.15, -0.1) is 0 Å². The van der Waals surface area contributed by atoms with Crippen molar-refractivity contribution in [2.75, 3.05) is 6.26 Å². The smallest absolute Gasteiger partial charge is 0.242 e. The molecular formula is C19H20N4O5S2. The normalized spacial score (nSPS) is 19.6. The number of benzene rings is 2. The fraction of sp³-hybridized carbons (Fsp3) is 0.263. The van der Waals surface area contributed by atoms with Gasteiger partial charge in [-0.3, -0.25) is 9.52 Å². The maximum Gasteiger partial charge on any atom is 0.242 e. The van der Waals surface area contributed by atoms with Gasteiger partial charge in [0.1, 0.15) is 11.1 Å². The molecule has 30 heavy (non-hydrogen) atoms. The lowest BCUT2D eigenvalue weighted by Gasteiger charge is -2.16. The molecule has 3 N–H and O–H groups in total. The molecule has 1 saturated heterocycles. The van der Waals surface area contributed by atoms with Crippen molar-refractivity contribution in [1.82, 2.24) is 19.4 Å². The van der Waals surface area contributed by atoms with Gasteiger partial charge in [0.05, 0.1) is 29.8 Å². The summed E-state index contributed by atoms with van der Waals surface area (Å²) in [5, 5.41) is -0.917. The second-order valence-corrected chi connectivity index (χ2v) is 10.9. The van der Waals surface area contributed by atoms with Crippen molar-refractivity contribution in [3.8, 4) is 0 Å². The molecule has 1 unspecified atom stereocenters. The number of nitrogens with one attached hydrogen (secondary N) is 3. The largest absolute Gasteiger partial charge is 0.341 e. The monoisotopic (exact) mass is 448 g/mol. The van der Waals surface area contributed by atoms with Crippen molar-refractivity contribution in [3.63, 3.8) is 0 Å². The number of hydrogen-bond donors (Lipinski definition) is 3. The number of H-pyrrole nitrogens is 1. The summed E-state index contributed by atoms with van der Waals surface area (Å²) in [5.74, 6) is -0.0368. The van der Waals surface area contributed by atoms with Crippen LogP contribution in [0, 0.1) is 0 Å². The molecule has 2 aromatic carbocycles. The maximum absolute atomic E-state index is 12.0. The van der Waals surface area contributed by atoms with E-state index in [1.807, 2.05) is 29.0 Å². The molecule has 3 aromatic rings. The zero-order valence-electron chi connectivity index (χ0n) is 16.0. The Morgan fingerprint density at radius 2 is 1.87 bits per heavy atom. The second-order valence-electron chi connectivity index (χ2n) is 7.29. The number of fused-ring (bicyclic) bond motifs is 1. The number of imidazole rings is 1. The first-order valence-corrected chi connectivity index (χ1v) is 12.6. The molecule has 0 radical (unpaired) electrons. The van der Waals surface area contributed by atoms with E-state index < -0.39 is 37.2 Å². The van der Waals surface area contributed by atoms with Crippen LogP contribution in [0.1, 0.15) is 34.7 Å². The lowest BCUT2D eigenvalue weighted by atomic mass is 10.0. The van der Waals surface area contributed by atoms with Gasteiger partial charge in [0, 0.05) is 0 Å². The minimum absolute atomic E-state index is 0.112. The number of nitrogens with zero attached hydrogens (tertiary/aromatic N) is 1. The molecule has 1 aliphatic heterocycles. The molecule has 1 aliphatic rings. The van der Waals surface area contributed by atoms with E-state index in [0.29, 0.717) is 17.8 Å². The first kappa shape index (κ1) is 20.5. The van der Waals surface area contributed by atoms with E-state index in [0.717, 1.165) is 22.9 Å². The number of hydrogen-bond acceptors (Lipinski definition) is 6. The third kappa shape index (κ3) is 4.37. The Kier molecular flexibility index (Phi) is 5.12. The Balaban J connectivity index is 1.61. The van der Waals surface area contributed by atoms with Gasteiger partial charge in [-0.05, 0) is 29.7 Å². The summed E-state index contributed by atoms with van der Waals surface area (Å²) in [6.07, 6.45) is 1.28. The summed E-state index contributed by atoms with van der Waals surface area (Å²) in [6, 6.07) is 13.5. The predicted molar refractivity (Wildman–Crippen MR) is 111 cm³/mol. The molecule has 9 nitrogen and oxygen atoms in total. The van der Waals surface area contributed by atoms with E-state index in [4.69, 9.17) is 0 Å². The van der Waals surface area contributed by atoms with Crippen LogP contribution in [-0.4, -0.2) is 39.0 Å². The molecule has 1 aromatic heterocycles. The number of sulfonamides is 2. The minimum atomic E-state index is -3.71. The molecular weight excluding hydrogens is 428 g/mol. The highest BCUT2D eigenvalue weighted by molar-refractivity contribution is 7.90. The Morgan fingerprint density at radius 1 is 1.17 bits per heavy atom. The van der Waals surface area contributed by atoms with E-state index in [2.05, 4.69) is 14.7 Å². The van der Waals surface area contributed by atoms with Gasteiger partial charge in [0.2, 0.25) is 26.0 Å². The van der Waals surface area contributed by atoms with Crippen LogP contribution in [0.4, 0.5) is 0 Å². The molecule has 0 saturated carbocycles. The molecule has 158 valence electrons. The fourth-order valence-electron chi connectivity index (χ4n) is 3.54. The van der Waals surface area contributed by atoms with Gasteiger partial charge < -0.3 is 4.98 Å². The van der Waals surface area contributed by atoms with Crippen LogP contribution in [0.3, 0.4) is 0 Å².